The summed E-state index contributed by atoms with van der Waals surface area (Å²) in [6.45, 7) is 1.27. The molecule has 1 amide bonds. The molecule has 0 atom stereocenters. The van der Waals surface area contributed by atoms with Crippen molar-refractivity contribution < 1.29 is 19.0 Å². The Labute approximate surface area is 222 Å². The van der Waals surface area contributed by atoms with E-state index in [9.17, 15) is 4.79 Å². The third kappa shape index (κ3) is 8.37. The number of para-hydroxylation sites is 2. The second-order valence-electron chi connectivity index (χ2n) is 8.03. The largest absolute Gasteiger partial charge is 0.492 e. The summed E-state index contributed by atoms with van der Waals surface area (Å²) < 4.78 is 17.3. The lowest BCUT2D eigenvalue weighted by atomic mass is 10.1. The Balaban J connectivity index is 1.25. The van der Waals surface area contributed by atoms with Crippen LogP contribution in [-0.4, -0.2) is 30.8 Å². The fraction of sp³-hybridized carbons (Fsp3) is 0.133. The molecule has 0 aliphatic rings. The maximum Gasteiger partial charge on any atom is 0.261 e. The second kappa shape index (κ2) is 13.7. The minimum absolute atomic E-state index is 0.175. The van der Waals surface area contributed by atoms with E-state index in [4.69, 9.17) is 26.4 Å². The smallest absolute Gasteiger partial charge is 0.261 e. The summed E-state index contributed by atoms with van der Waals surface area (Å²) in [6.07, 6.45) is 0.744. The van der Waals surface area contributed by atoms with Crippen LogP contribution in [0.1, 0.15) is 15.9 Å². The van der Waals surface area contributed by atoms with Gasteiger partial charge in [-0.1, -0.05) is 66.7 Å². The molecule has 188 valence electrons. The summed E-state index contributed by atoms with van der Waals surface area (Å²) in [6, 6.07) is 34.1. The third-order valence-corrected chi connectivity index (χ3v) is 5.51. The van der Waals surface area contributed by atoms with E-state index in [1.54, 1.807) is 18.2 Å². The fourth-order valence-electron chi connectivity index (χ4n) is 3.54. The average Bonchev–Trinajstić information content (AvgIpc) is 2.93. The molecule has 6 nitrogen and oxygen atoms in total. The number of anilines is 1. The molecule has 37 heavy (non-hydrogen) atoms. The number of benzene rings is 4. The maximum absolute atomic E-state index is 12.9. The van der Waals surface area contributed by atoms with Gasteiger partial charge in [-0.15, -0.1) is 0 Å². The summed E-state index contributed by atoms with van der Waals surface area (Å²) in [5.41, 5.74) is 2.28. The Kier molecular flexibility index (Phi) is 9.49. The van der Waals surface area contributed by atoms with Crippen LogP contribution in [0.25, 0.3) is 0 Å². The molecule has 4 aromatic rings. The Hall–Kier alpha value is -4.36. The molecule has 4 rings (SSSR count). The van der Waals surface area contributed by atoms with E-state index in [-0.39, 0.29) is 11.0 Å². The number of rotatable bonds is 11. The van der Waals surface area contributed by atoms with Gasteiger partial charge in [0.15, 0.2) is 5.11 Å². The molecule has 2 N–H and O–H groups in total. The van der Waals surface area contributed by atoms with E-state index in [1.165, 1.54) is 5.56 Å². The van der Waals surface area contributed by atoms with E-state index in [0.29, 0.717) is 42.6 Å². The minimum atomic E-state index is -0.349. The van der Waals surface area contributed by atoms with Crippen LogP contribution in [-0.2, 0) is 6.42 Å². The molecular formula is C30H28N2O4S. The van der Waals surface area contributed by atoms with Crippen LogP contribution in [0, 0.1) is 0 Å². The number of thiocarbonyl (C=S) groups is 1. The predicted octanol–water partition coefficient (Wildman–Crippen LogP) is 5.89. The van der Waals surface area contributed by atoms with Crippen molar-refractivity contribution in [2.75, 3.05) is 25.1 Å². The molecule has 4 aromatic carbocycles. The zero-order valence-corrected chi connectivity index (χ0v) is 21.1. The summed E-state index contributed by atoms with van der Waals surface area (Å²) in [7, 11) is 0. The topological polar surface area (TPSA) is 68.8 Å². The lowest BCUT2D eigenvalue weighted by Gasteiger charge is -2.14. The summed E-state index contributed by atoms with van der Waals surface area (Å²) in [4.78, 5) is 12.9. The number of carbonyl (C=O) groups excluding carboxylic acids is 1. The monoisotopic (exact) mass is 512 g/mol. The zero-order valence-electron chi connectivity index (χ0n) is 20.3. The summed E-state index contributed by atoms with van der Waals surface area (Å²) in [5.74, 6) is 1.61. The highest BCUT2D eigenvalue weighted by molar-refractivity contribution is 7.80. The Morgan fingerprint density at radius 1 is 0.676 bits per heavy atom. The molecule has 0 bridgehead atoms. The van der Waals surface area contributed by atoms with Crippen LogP contribution in [0.4, 0.5) is 5.69 Å². The van der Waals surface area contributed by atoms with Gasteiger partial charge in [-0.25, -0.2) is 0 Å². The van der Waals surface area contributed by atoms with Gasteiger partial charge in [-0.05, 0) is 54.2 Å². The van der Waals surface area contributed by atoms with Crippen molar-refractivity contribution in [2.45, 2.75) is 6.42 Å². The molecule has 0 aliphatic carbocycles. The Morgan fingerprint density at radius 3 is 2.11 bits per heavy atom. The number of ether oxygens (including phenoxy) is 3. The van der Waals surface area contributed by atoms with Gasteiger partial charge >= 0.3 is 0 Å². The van der Waals surface area contributed by atoms with E-state index in [0.717, 1.165) is 12.2 Å². The molecule has 0 unspecified atom stereocenters. The number of hydrogen-bond donors (Lipinski definition) is 2. The molecule has 0 spiro atoms. The molecule has 0 saturated heterocycles. The average molecular weight is 513 g/mol. The van der Waals surface area contributed by atoms with Crippen molar-refractivity contribution in [1.29, 1.82) is 0 Å². The van der Waals surface area contributed by atoms with Gasteiger partial charge in [0, 0.05) is 18.2 Å². The van der Waals surface area contributed by atoms with Crippen molar-refractivity contribution >= 4 is 28.9 Å². The van der Waals surface area contributed by atoms with Gasteiger partial charge in [0.1, 0.15) is 30.5 Å². The van der Waals surface area contributed by atoms with Crippen molar-refractivity contribution in [3.05, 3.63) is 120 Å². The molecular weight excluding hydrogens is 484 g/mol. The molecule has 0 aliphatic heterocycles. The van der Waals surface area contributed by atoms with Gasteiger partial charge in [-0.3, -0.25) is 10.1 Å². The van der Waals surface area contributed by atoms with Gasteiger partial charge < -0.3 is 19.5 Å². The van der Waals surface area contributed by atoms with Crippen LogP contribution >= 0.6 is 12.2 Å². The third-order valence-electron chi connectivity index (χ3n) is 5.31. The first-order valence-corrected chi connectivity index (χ1v) is 12.4. The van der Waals surface area contributed by atoms with Crippen LogP contribution < -0.4 is 24.8 Å². The molecule has 0 radical (unpaired) electrons. The number of hydrogen-bond acceptors (Lipinski definition) is 5. The van der Waals surface area contributed by atoms with Crippen molar-refractivity contribution in [3.63, 3.8) is 0 Å². The lowest BCUT2D eigenvalue weighted by Crippen LogP contribution is -2.34. The summed E-state index contributed by atoms with van der Waals surface area (Å²) >= 11 is 5.37. The van der Waals surface area contributed by atoms with Crippen molar-refractivity contribution in [3.8, 4) is 17.2 Å². The lowest BCUT2D eigenvalue weighted by molar-refractivity contribution is 0.0974. The second-order valence-corrected chi connectivity index (χ2v) is 8.43. The zero-order chi connectivity index (χ0) is 25.7. The van der Waals surface area contributed by atoms with Gasteiger partial charge in [0.05, 0.1) is 12.2 Å². The molecule has 0 heterocycles. The highest BCUT2D eigenvalue weighted by atomic mass is 32.1. The van der Waals surface area contributed by atoms with E-state index >= 15 is 0 Å². The SMILES string of the molecule is O=C(NC(=S)Nc1cccc(OCCOc2ccccc2)c1)c1ccccc1OCCc1ccccc1. The van der Waals surface area contributed by atoms with Crippen molar-refractivity contribution in [1.82, 2.24) is 5.32 Å². The highest BCUT2D eigenvalue weighted by Crippen LogP contribution is 2.20. The number of amides is 1. The minimum Gasteiger partial charge on any atom is -0.492 e. The molecule has 0 fully saturated rings. The first-order valence-electron chi connectivity index (χ1n) is 12.0. The summed E-state index contributed by atoms with van der Waals surface area (Å²) in [5, 5.41) is 5.93. The predicted molar refractivity (Wildman–Crippen MR) is 150 cm³/mol. The van der Waals surface area contributed by atoms with Crippen LogP contribution in [0.5, 0.6) is 17.2 Å². The van der Waals surface area contributed by atoms with Crippen molar-refractivity contribution in [2.24, 2.45) is 0 Å². The number of carbonyl (C=O) groups is 1. The quantitative estimate of drug-likeness (QED) is 0.193. The standard InChI is InChI=1S/C30H28N2O4S/c33-29(27-16-7-8-17-28(27)36-19-18-23-10-3-1-4-11-23)32-30(37)31-24-12-9-15-26(22-24)35-21-20-34-25-13-5-2-6-14-25/h1-17,22H,18-21H2,(H2,31,32,33,37). The normalized spacial score (nSPS) is 10.3. The molecule has 0 saturated carbocycles. The maximum atomic E-state index is 12.9. The molecule has 7 heteroatoms. The fourth-order valence-corrected chi connectivity index (χ4v) is 3.75. The van der Waals surface area contributed by atoms with Gasteiger partial charge in [0.25, 0.3) is 5.91 Å². The first kappa shape index (κ1) is 25.7. The molecule has 0 aromatic heterocycles. The Morgan fingerprint density at radius 2 is 1.32 bits per heavy atom. The van der Waals surface area contributed by atoms with E-state index in [1.807, 2.05) is 91.0 Å². The number of nitrogens with one attached hydrogen (secondary N) is 2. The first-order chi connectivity index (χ1) is 18.2. The van der Waals surface area contributed by atoms with E-state index in [2.05, 4.69) is 10.6 Å². The van der Waals surface area contributed by atoms with Crippen LogP contribution in [0.2, 0.25) is 0 Å². The van der Waals surface area contributed by atoms with Gasteiger partial charge in [0.2, 0.25) is 0 Å². The van der Waals surface area contributed by atoms with Crippen LogP contribution in [0.3, 0.4) is 0 Å². The van der Waals surface area contributed by atoms with E-state index < -0.39 is 0 Å². The Bertz CT molecular complexity index is 1300. The van der Waals surface area contributed by atoms with Crippen LogP contribution in [0.15, 0.2) is 109 Å². The van der Waals surface area contributed by atoms with Gasteiger partial charge in [-0.2, -0.15) is 0 Å². The highest BCUT2D eigenvalue weighted by Gasteiger charge is 2.14.